The van der Waals surface area contributed by atoms with Crippen molar-refractivity contribution in [3.05, 3.63) is 40.9 Å². The van der Waals surface area contributed by atoms with Gasteiger partial charge in [-0.05, 0) is 26.0 Å². The molecule has 2 rings (SSSR count). The first kappa shape index (κ1) is 19.8. The van der Waals surface area contributed by atoms with Crippen LogP contribution in [-0.2, 0) is 0 Å². The third-order valence-corrected chi connectivity index (χ3v) is 3.67. The lowest BCUT2D eigenvalue weighted by atomic mass is 10.1. The number of ether oxygens (including phenoxy) is 4. The van der Waals surface area contributed by atoms with E-state index in [0.29, 0.717) is 47.5 Å². The lowest BCUT2D eigenvalue weighted by Crippen LogP contribution is -2.14. The Hall–Kier alpha value is -3.47. The van der Waals surface area contributed by atoms with E-state index in [1.54, 1.807) is 31.2 Å². The van der Waals surface area contributed by atoms with Gasteiger partial charge < -0.3 is 24.3 Å². The molecule has 0 saturated heterocycles. The number of carbonyl (C=O) groups excluding carboxylic acids is 1. The number of amides is 1. The zero-order valence-corrected chi connectivity index (χ0v) is 15.7. The van der Waals surface area contributed by atoms with Crippen LogP contribution in [0.25, 0.3) is 4.98 Å². The summed E-state index contributed by atoms with van der Waals surface area (Å²) < 4.78 is 21.4. The first-order valence-corrected chi connectivity index (χ1v) is 8.40. The van der Waals surface area contributed by atoms with Crippen LogP contribution in [0.5, 0.6) is 23.0 Å². The van der Waals surface area contributed by atoms with Gasteiger partial charge in [-0.15, -0.1) is 0 Å². The number of methoxy groups -OCH3 is 2. The van der Waals surface area contributed by atoms with E-state index < -0.39 is 5.91 Å². The van der Waals surface area contributed by atoms with Crippen molar-refractivity contribution in [3.8, 4) is 23.0 Å². The van der Waals surface area contributed by atoms with Crippen LogP contribution in [-0.4, -0.2) is 33.3 Å². The molecule has 142 valence electrons. The molecule has 0 aliphatic carbocycles. The number of nitrogens with zero attached hydrogens (tertiary/aromatic N) is 2. The minimum absolute atomic E-state index is 0.209. The van der Waals surface area contributed by atoms with Crippen molar-refractivity contribution < 1.29 is 23.7 Å². The van der Waals surface area contributed by atoms with Crippen molar-refractivity contribution in [1.29, 1.82) is 5.39 Å². The van der Waals surface area contributed by atoms with E-state index in [0.717, 1.165) is 0 Å². The highest BCUT2D eigenvalue weighted by Crippen LogP contribution is 2.39. The Morgan fingerprint density at radius 2 is 1.70 bits per heavy atom. The minimum Gasteiger partial charge on any atom is -0.497 e. The number of carbonyl (C=O) groups is 1. The van der Waals surface area contributed by atoms with Gasteiger partial charge >= 0.3 is 5.69 Å². The molecule has 0 aliphatic heterocycles. The average molecular weight is 372 g/mol. The van der Waals surface area contributed by atoms with Gasteiger partial charge in [0.2, 0.25) is 11.1 Å². The molecule has 0 spiro atoms. The minimum atomic E-state index is -0.397. The van der Waals surface area contributed by atoms with Gasteiger partial charge in [0.05, 0.1) is 44.8 Å². The lowest BCUT2D eigenvalue weighted by Gasteiger charge is -2.14. The Morgan fingerprint density at radius 3 is 2.30 bits per heavy atom. The molecule has 1 N–H and O–H groups in total. The van der Waals surface area contributed by atoms with Crippen LogP contribution in [0.2, 0.25) is 0 Å². The fraction of sp³-hybridized carbons (Fsp3) is 0.316. The smallest absolute Gasteiger partial charge is 0.430 e. The molecule has 8 heteroatoms. The topological polar surface area (TPSA) is 94.2 Å². The number of diazo groups is 1. The van der Waals surface area contributed by atoms with Crippen molar-refractivity contribution in [1.82, 2.24) is 0 Å². The summed E-state index contributed by atoms with van der Waals surface area (Å²) in [6.45, 7) is 4.35. The fourth-order valence-corrected chi connectivity index (χ4v) is 2.45. The van der Waals surface area contributed by atoms with Crippen LogP contribution in [0, 0.1) is 5.39 Å². The van der Waals surface area contributed by atoms with Crippen molar-refractivity contribution in [2.75, 3.05) is 32.8 Å². The highest BCUT2D eigenvalue weighted by molar-refractivity contribution is 6.07. The van der Waals surface area contributed by atoms with E-state index in [1.807, 2.05) is 6.92 Å². The normalized spacial score (nSPS) is 9.89. The van der Waals surface area contributed by atoms with Gasteiger partial charge in [-0.25, -0.2) is 0 Å². The standard InChI is InChI=1S/C19H21N3O5/c1-5-26-17-11-15(22-20)18(27-6-2)10-14(17)21-19(23)13-8-7-12(24-3)9-16(13)25-4/h7-11H,5-6H2,1-4H3/p+1. The number of hydrogen-bond donors (Lipinski definition) is 1. The van der Waals surface area contributed by atoms with E-state index in [2.05, 4.69) is 10.3 Å². The molecule has 1 amide bonds. The summed E-state index contributed by atoms with van der Waals surface area (Å²) in [6.07, 6.45) is 0. The average Bonchev–Trinajstić information content (AvgIpc) is 2.69. The zero-order chi connectivity index (χ0) is 19.8. The maximum Gasteiger partial charge on any atom is 0.430 e. The molecule has 2 aromatic rings. The Morgan fingerprint density at radius 1 is 1.00 bits per heavy atom. The van der Waals surface area contributed by atoms with Crippen LogP contribution in [0.3, 0.4) is 0 Å². The van der Waals surface area contributed by atoms with E-state index in [4.69, 9.17) is 18.9 Å². The van der Waals surface area contributed by atoms with Crippen LogP contribution in [0.1, 0.15) is 24.2 Å². The molecule has 0 aliphatic rings. The summed E-state index contributed by atoms with van der Waals surface area (Å²) in [5.74, 6) is 1.23. The SMILES string of the molecule is CCOc1cc(NC(=O)c2ccc(OC)cc2OC)c(OCC)cc1[N+]#N. The van der Waals surface area contributed by atoms with E-state index in [1.165, 1.54) is 20.3 Å². The quantitative estimate of drug-likeness (QED) is 0.697. The van der Waals surface area contributed by atoms with E-state index in [9.17, 15) is 10.2 Å². The number of rotatable bonds is 8. The van der Waals surface area contributed by atoms with Crippen LogP contribution in [0.15, 0.2) is 30.3 Å². The summed E-state index contributed by atoms with van der Waals surface area (Å²) in [5, 5.41) is 12.0. The monoisotopic (exact) mass is 372 g/mol. The van der Waals surface area contributed by atoms with E-state index >= 15 is 0 Å². The maximum atomic E-state index is 12.8. The molecular formula is C19H22N3O5+. The molecule has 0 heterocycles. The molecule has 0 aromatic heterocycles. The van der Waals surface area contributed by atoms with Crippen LogP contribution >= 0.6 is 0 Å². The fourth-order valence-electron chi connectivity index (χ4n) is 2.45. The second-order valence-corrected chi connectivity index (χ2v) is 5.30. The molecule has 0 bridgehead atoms. The van der Waals surface area contributed by atoms with Gasteiger partial charge in [0, 0.05) is 12.1 Å². The Balaban J connectivity index is 2.41. The summed E-state index contributed by atoms with van der Waals surface area (Å²) in [4.78, 5) is 16.0. The summed E-state index contributed by atoms with van der Waals surface area (Å²) in [6, 6.07) is 7.94. The van der Waals surface area contributed by atoms with Gasteiger partial charge in [0.15, 0.2) is 10.7 Å². The van der Waals surface area contributed by atoms with Gasteiger partial charge in [-0.3, -0.25) is 4.79 Å². The molecule has 0 saturated carbocycles. The van der Waals surface area contributed by atoms with Gasteiger partial charge in [0.1, 0.15) is 11.5 Å². The van der Waals surface area contributed by atoms with Crippen molar-refractivity contribution >= 4 is 17.3 Å². The predicted molar refractivity (Wildman–Crippen MR) is 101 cm³/mol. The highest BCUT2D eigenvalue weighted by atomic mass is 16.5. The van der Waals surface area contributed by atoms with Crippen LogP contribution in [0.4, 0.5) is 11.4 Å². The Labute approximate surface area is 157 Å². The molecule has 2 aromatic carbocycles. The highest BCUT2D eigenvalue weighted by Gasteiger charge is 2.23. The first-order chi connectivity index (χ1) is 13.1. The molecule has 0 atom stereocenters. The summed E-state index contributed by atoms with van der Waals surface area (Å²) >= 11 is 0. The van der Waals surface area contributed by atoms with Gasteiger partial charge in [-0.1, -0.05) is 0 Å². The number of benzene rings is 2. The maximum absolute atomic E-state index is 12.8. The molecule has 0 fully saturated rings. The van der Waals surface area contributed by atoms with Crippen molar-refractivity contribution in [2.24, 2.45) is 0 Å². The van der Waals surface area contributed by atoms with Crippen LogP contribution < -0.4 is 24.3 Å². The van der Waals surface area contributed by atoms with Gasteiger partial charge in [0.25, 0.3) is 5.91 Å². The third kappa shape index (κ3) is 4.58. The molecule has 8 nitrogen and oxygen atoms in total. The largest absolute Gasteiger partial charge is 0.497 e. The second kappa shape index (κ2) is 9.29. The molecule has 0 unspecified atom stereocenters. The first-order valence-electron chi connectivity index (χ1n) is 8.40. The Kier molecular flexibility index (Phi) is 6.83. The second-order valence-electron chi connectivity index (χ2n) is 5.30. The number of anilines is 1. The zero-order valence-electron chi connectivity index (χ0n) is 15.7. The molecule has 0 radical (unpaired) electrons. The third-order valence-electron chi connectivity index (χ3n) is 3.67. The van der Waals surface area contributed by atoms with Crippen molar-refractivity contribution in [2.45, 2.75) is 13.8 Å². The number of hydrogen-bond acceptors (Lipinski definition) is 6. The van der Waals surface area contributed by atoms with Gasteiger partial charge in [-0.2, -0.15) is 0 Å². The number of nitrogens with one attached hydrogen (secondary N) is 1. The summed E-state index contributed by atoms with van der Waals surface area (Å²) in [5.41, 5.74) is 0.922. The van der Waals surface area contributed by atoms with Crippen molar-refractivity contribution in [3.63, 3.8) is 0 Å². The molecule has 27 heavy (non-hydrogen) atoms. The predicted octanol–water partition coefficient (Wildman–Crippen LogP) is 4.24. The lowest BCUT2D eigenvalue weighted by molar-refractivity contribution is 0.102. The Bertz CT molecular complexity index is 861. The summed E-state index contributed by atoms with van der Waals surface area (Å²) in [7, 11) is 3.01. The molecular weight excluding hydrogens is 350 g/mol. The van der Waals surface area contributed by atoms with E-state index in [-0.39, 0.29) is 5.69 Å².